The average molecular weight is 301 g/mol. The van der Waals surface area contributed by atoms with Crippen LogP contribution in [0.25, 0.3) is 0 Å². The standard InChI is InChI=1S/C8H13ClN2O2S3/c1-8(2,14-3)5-11-16(12,13)6-4-10-7(9)15-6/h4,11H,5H2,1-3H3. The van der Waals surface area contributed by atoms with Crippen LogP contribution in [-0.2, 0) is 10.0 Å². The topological polar surface area (TPSA) is 59.1 Å². The molecule has 16 heavy (non-hydrogen) atoms. The smallest absolute Gasteiger partial charge is 0.232 e. The number of hydrogen-bond acceptors (Lipinski definition) is 5. The molecule has 1 N–H and O–H groups in total. The first-order valence-electron chi connectivity index (χ1n) is 4.43. The van der Waals surface area contributed by atoms with Gasteiger partial charge in [0.15, 0.2) is 8.68 Å². The molecule has 0 aliphatic heterocycles. The number of hydrogen-bond donors (Lipinski definition) is 1. The van der Waals surface area contributed by atoms with Crippen molar-refractivity contribution >= 4 is 44.7 Å². The van der Waals surface area contributed by atoms with Crippen molar-refractivity contribution in [2.24, 2.45) is 0 Å². The summed E-state index contributed by atoms with van der Waals surface area (Å²) in [6.07, 6.45) is 3.21. The second-order valence-corrected chi connectivity index (χ2v) is 8.84. The lowest BCUT2D eigenvalue weighted by Gasteiger charge is -2.21. The zero-order valence-electron chi connectivity index (χ0n) is 9.15. The third-order valence-electron chi connectivity index (χ3n) is 1.96. The highest BCUT2D eigenvalue weighted by atomic mass is 35.5. The fraction of sp³-hybridized carbons (Fsp3) is 0.625. The molecule has 0 amide bonds. The van der Waals surface area contributed by atoms with Gasteiger partial charge in [0.2, 0.25) is 0 Å². The minimum atomic E-state index is -3.47. The molecule has 0 unspecified atom stereocenters. The van der Waals surface area contributed by atoms with E-state index in [0.29, 0.717) is 6.54 Å². The molecule has 1 heterocycles. The van der Waals surface area contributed by atoms with E-state index in [9.17, 15) is 8.42 Å². The Morgan fingerprint density at radius 1 is 1.62 bits per heavy atom. The van der Waals surface area contributed by atoms with Gasteiger partial charge in [-0.3, -0.25) is 0 Å². The first kappa shape index (κ1) is 14.2. The summed E-state index contributed by atoms with van der Waals surface area (Å²) in [5.41, 5.74) is 0. The molecule has 0 bridgehead atoms. The van der Waals surface area contributed by atoms with Crippen LogP contribution < -0.4 is 4.72 Å². The SMILES string of the molecule is CSC(C)(C)CNS(=O)(=O)c1cnc(Cl)s1. The number of nitrogens with zero attached hydrogens (tertiary/aromatic N) is 1. The third kappa shape index (κ3) is 3.89. The summed E-state index contributed by atoms with van der Waals surface area (Å²) in [5.74, 6) is 0. The van der Waals surface area contributed by atoms with Crippen molar-refractivity contribution in [1.82, 2.24) is 9.71 Å². The Bertz CT molecular complexity index is 456. The van der Waals surface area contributed by atoms with Crippen LogP contribution in [0.5, 0.6) is 0 Å². The summed E-state index contributed by atoms with van der Waals surface area (Å²) in [4.78, 5) is 3.71. The van der Waals surface area contributed by atoms with E-state index in [4.69, 9.17) is 11.6 Å². The molecule has 92 valence electrons. The quantitative estimate of drug-likeness (QED) is 0.906. The van der Waals surface area contributed by atoms with Crippen LogP contribution in [0.1, 0.15) is 13.8 Å². The summed E-state index contributed by atoms with van der Waals surface area (Å²) < 4.78 is 26.4. The maximum Gasteiger partial charge on any atom is 0.251 e. The number of rotatable bonds is 5. The highest BCUT2D eigenvalue weighted by Gasteiger charge is 2.22. The van der Waals surface area contributed by atoms with Crippen molar-refractivity contribution in [2.75, 3.05) is 12.8 Å². The van der Waals surface area contributed by atoms with Crippen LogP contribution in [0.2, 0.25) is 4.47 Å². The molecular weight excluding hydrogens is 288 g/mol. The van der Waals surface area contributed by atoms with Gasteiger partial charge in [-0.25, -0.2) is 18.1 Å². The minimum absolute atomic E-state index is 0.137. The van der Waals surface area contributed by atoms with Gasteiger partial charge in [0, 0.05) is 11.3 Å². The van der Waals surface area contributed by atoms with Gasteiger partial charge in [0.25, 0.3) is 10.0 Å². The lowest BCUT2D eigenvalue weighted by molar-refractivity contribution is 0.572. The van der Waals surface area contributed by atoms with Gasteiger partial charge in [-0.1, -0.05) is 22.9 Å². The van der Waals surface area contributed by atoms with E-state index < -0.39 is 10.0 Å². The molecule has 0 radical (unpaired) electrons. The lowest BCUT2D eigenvalue weighted by Crippen LogP contribution is -2.35. The fourth-order valence-corrected chi connectivity index (χ4v) is 3.63. The first-order valence-corrected chi connectivity index (χ1v) is 8.33. The Balaban J connectivity index is 2.74. The number of aromatic nitrogens is 1. The van der Waals surface area contributed by atoms with Crippen LogP contribution in [0.4, 0.5) is 0 Å². The van der Waals surface area contributed by atoms with E-state index in [1.807, 2.05) is 20.1 Å². The van der Waals surface area contributed by atoms with Crippen LogP contribution in [0, 0.1) is 0 Å². The minimum Gasteiger partial charge on any atom is -0.232 e. The molecular formula is C8H13ClN2O2S3. The van der Waals surface area contributed by atoms with Gasteiger partial charge in [-0.2, -0.15) is 11.8 Å². The lowest BCUT2D eigenvalue weighted by atomic mass is 10.2. The summed E-state index contributed by atoms with van der Waals surface area (Å²) in [6.45, 7) is 4.31. The highest BCUT2D eigenvalue weighted by Crippen LogP contribution is 2.24. The average Bonchev–Trinajstić information content (AvgIpc) is 2.63. The normalized spacial score (nSPS) is 13.0. The molecule has 0 atom stereocenters. The van der Waals surface area contributed by atoms with Crippen molar-refractivity contribution in [3.63, 3.8) is 0 Å². The van der Waals surface area contributed by atoms with Crippen LogP contribution in [-0.4, -0.2) is 30.9 Å². The molecule has 1 aromatic rings. The number of nitrogens with one attached hydrogen (secondary N) is 1. The Hall–Kier alpha value is 0.180. The molecule has 4 nitrogen and oxygen atoms in total. The van der Waals surface area contributed by atoms with Crippen molar-refractivity contribution < 1.29 is 8.42 Å². The Morgan fingerprint density at radius 3 is 2.69 bits per heavy atom. The molecule has 0 spiro atoms. The van der Waals surface area contributed by atoms with E-state index in [2.05, 4.69) is 9.71 Å². The molecule has 0 aliphatic carbocycles. The van der Waals surface area contributed by atoms with Gasteiger partial charge in [-0.05, 0) is 20.1 Å². The van der Waals surface area contributed by atoms with Gasteiger partial charge in [-0.15, -0.1) is 0 Å². The molecule has 0 aromatic carbocycles. The van der Waals surface area contributed by atoms with E-state index in [1.54, 1.807) is 11.8 Å². The fourth-order valence-electron chi connectivity index (χ4n) is 0.776. The molecule has 8 heteroatoms. The van der Waals surface area contributed by atoms with Crippen molar-refractivity contribution in [3.05, 3.63) is 10.7 Å². The molecule has 0 saturated heterocycles. The van der Waals surface area contributed by atoms with Gasteiger partial charge in [0.1, 0.15) is 0 Å². The number of thioether (sulfide) groups is 1. The van der Waals surface area contributed by atoms with Crippen molar-refractivity contribution in [3.8, 4) is 0 Å². The number of sulfonamides is 1. The highest BCUT2D eigenvalue weighted by molar-refractivity contribution is 8.00. The van der Waals surface area contributed by atoms with Crippen LogP contribution in [0.3, 0.4) is 0 Å². The van der Waals surface area contributed by atoms with E-state index in [1.165, 1.54) is 6.20 Å². The van der Waals surface area contributed by atoms with Gasteiger partial charge in [0.05, 0.1) is 6.20 Å². The van der Waals surface area contributed by atoms with E-state index >= 15 is 0 Å². The largest absolute Gasteiger partial charge is 0.251 e. The molecule has 1 rings (SSSR count). The Morgan fingerprint density at radius 2 is 2.25 bits per heavy atom. The van der Waals surface area contributed by atoms with Crippen molar-refractivity contribution in [1.29, 1.82) is 0 Å². The maximum atomic E-state index is 11.8. The maximum absolute atomic E-state index is 11.8. The third-order valence-corrected chi connectivity index (χ3v) is 6.19. The Labute approximate surface area is 109 Å². The molecule has 0 saturated carbocycles. The monoisotopic (exact) mass is 300 g/mol. The van der Waals surface area contributed by atoms with E-state index in [0.717, 1.165) is 11.3 Å². The van der Waals surface area contributed by atoms with Gasteiger partial charge < -0.3 is 0 Å². The molecule has 1 aromatic heterocycles. The predicted molar refractivity (Wildman–Crippen MR) is 69.9 cm³/mol. The second kappa shape index (κ2) is 5.22. The van der Waals surface area contributed by atoms with Crippen LogP contribution >= 0.6 is 34.7 Å². The summed E-state index contributed by atoms with van der Waals surface area (Å²) >= 11 is 8.15. The first-order chi connectivity index (χ1) is 7.27. The Kier molecular flexibility index (Phi) is 4.65. The molecule has 0 fully saturated rings. The summed E-state index contributed by atoms with van der Waals surface area (Å²) in [5, 5.41) is 0. The number of thiazole rings is 1. The molecule has 0 aliphatic rings. The number of halogens is 1. The zero-order valence-corrected chi connectivity index (χ0v) is 12.4. The zero-order chi connectivity index (χ0) is 12.4. The summed E-state index contributed by atoms with van der Waals surface area (Å²) in [6, 6.07) is 0. The second-order valence-electron chi connectivity index (χ2n) is 3.72. The van der Waals surface area contributed by atoms with E-state index in [-0.39, 0.29) is 13.4 Å². The predicted octanol–water partition coefficient (Wildman–Crippen LogP) is 2.22. The van der Waals surface area contributed by atoms with Crippen molar-refractivity contribution in [2.45, 2.75) is 22.8 Å². The summed E-state index contributed by atoms with van der Waals surface area (Å²) in [7, 11) is -3.47. The van der Waals surface area contributed by atoms with Gasteiger partial charge >= 0.3 is 0 Å². The van der Waals surface area contributed by atoms with Crippen LogP contribution in [0.15, 0.2) is 10.4 Å².